The highest BCUT2D eigenvalue weighted by molar-refractivity contribution is 4.85. The third-order valence-corrected chi connectivity index (χ3v) is 2.91. The fourth-order valence-electron chi connectivity index (χ4n) is 2.33. The number of rotatable bonds is 4. The van der Waals surface area contributed by atoms with Crippen LogP contribution in [0.2, 0.25) is 0 Å². The van der Waals surface area contributed by atoms with Gasteiger partial charge in [0.1, 0.15) is 0 Å². The minimum atomic E-state index is 0.0266. The van der Waals surface area contributed by atoms with Gasteiger partial charge in [0, 0.05) is 18.6 Å². The van der Waals surface area contributed by atoms with Crippen LogP contribution in [0, 0.1) is 5.92 Å². The van der Waals surface area contributed by atoms with Crippen LogP contribution >= 0.6 is 0 Å². The molecule has 0 bridgehead atoms. The van der Waals surface area contributed by atoms with Crippen molar-refractivity contribution in [3.8, 4) is 0 Å². The first-order valence-electron chi connectivity index (χ1n) is 5.55. The fourth-order valence-corrected chi connectivity index (χ4v) is 2.33. The molecule has 0 amide bonds. The van der Waals surface area contributed by atoms with Crippen LogP contribution in [0.5, 0.6) is 0 Å². The Labute approximate surface area is 82.5 Å². The molecule has 13 heavy (non-hydrogen) atoms. The molecule has 0 spiro atoms. The number of nitrogens with zero attached hydrogens (tertiary/aromatic N) is 1. The number of hydrogen-bond donors (Lipinski definition) is 1. The molecule has 78 valence electrons. The largest absolute Gasteiger partial charge is 0.324 e. The average molecular weight is 184 g/mol. The lowest BCUT2D eigenvalue weighted by molar-refractivity contribution is 0.242. The Morgan fingerprint density at radius 1 is 1.54 bits per heavy atom. The van der Waals surface area contributed by atoms with Gasteiger partial charge in [-0.05, 0) is 32.2 Å². The van der Waals surface area contributed by atoms with Crippen LogP contribution in [-0.4, -0.2) is 30.1 Å². The summed E-state index contributed by atoms with van der Waals surface area (Å²) >= 11 is 0. The highest BCUT2D eigenvalue weighted by Gasteiger charge is 2.25. The van der Waals surface area contributed by atoms with Gasteiger partial charge in [0.15, 0.2) is 0 Å². The van der Waals surface area contributed by atoms with Gasteiger partial charge < -0.3 is 10.6 Å². The van der Waals surface area contributed by atoms with E-state index >= 15 is 0 Å². The Balaban J connectivity index is 2.30. The van der Waals surface area contributed by atoms with Gasteiger partial charge in [0.2, 0.25) is 0 Å². The average Bonchev–Trinajstić information content (AvgIpc) is 2.34. The van der Waals surface area contributed by atoms with E-state index in [-0.39, 0.29) is 5.54 Å². The summed E-state index contributed by atoms with van der Waals surface area (Å²) in [7, 11) is 0. The van der Waals surface area contributed by atoms with E-state index in [0.29, 0.717) is 0 Å². The first-order chi connectivity index (χ1) is 6.03. The van der Waals surface area contributed by atoms with Crippen LogP contribution < -0.4 is 5.73 Å². The third kappa shape index (κ3) is 3.65. The Bertz CT molecular complexity index is 154. The molecule has 2 N–H and O–H groups in total. The molecular weight excluding hydrogens is 160 g/mol. The van der Waals surface area contributed by atoms with Crippen molar-refractivity contribution >= 4 is 0 Å². The van der Waals surface area contributed by atoms with Gasteiger partial charge in [-0.2, -0.15) is 0 Å². The Kier molecular flexibility index (Phi) is 3.74. The standard InChI is InChI=1S/C11H24N2/c1-4-6-11(3,12)9-13-7-5-10(2)8-13/h10H,4-9,12H2,1-3H3. The van der Waals surface area contributed by atoms with Crippen molar-refractivity contribution in [3.05, 3.63) is 0 Å². The molecule has 0 aromatic heterocycles. The molecule has 1 aliphatic heterocycles. The maximum Gasteiger partial charge on any atom is 0.0254 e. The normalized spacial score (nSPS) is 29.1. The summed E-state index contributed by atoms with van der Waals surface area (Å²) in [5.41, 5.74) is 6.24. The highest BCUT2D eigenvalue weighted by atomic mass is 15.2. The van der Waals surface area contributed by atoms with Gasteiger partial charge in [-0.3, -0.25) is 0 Å². The van der Waals surface area contributed by atoms with E-state index in [1.54, 1.807) is 0 Å². The maximum atomic E-state index is 6.21. The van der Waals surface area contributed by atoms with Gasteiger partial charge in [-0.15, -0.1) is 0 Å². The monoisotopic (exact) mass is 184 g/mol. The quantitative estimate of drug-likeness (QED) is 0.722. The van der Waals surface area contributed by atoms with Gasteiger partial charge in [-0.1, -0.05) is 20.3 Å². The molecule has 0 saturated carbocycles. The van der Waals surface area contributed by atoms with Crippen LogP contribution in [0.4, 0.5) is 0 Å². The molecule has 1 heterocycles. The first kappa shape index (κ1) is 11.0. The van der Waals surface area contributed by atoms with Crippen LogP contribution in [0.15, 0.2) is 0 Å². The van der Waals surface area contributed by atoms with Crippen LogP contribution in [-0.2, 0) is 0 Å². The highest BCUT2D eigenvalue weighted by Crippen LogP contribution is 2.18. The first-order valence-corrected chi connectivity index (χ1v) is 5.55. The van der Waals surface area contributed by atoms with Crippen LogP contribution in [0.1, 0.15) is 40.0 Å². The number of nitrogens with two attached hydrogens (primary N) is 1. The van der Waals surface area contributed by atoms with Crippen molar-refractivity contribution in [2.75, 3.05) is 19.6 Å². The molecule has 0 radical (unpaired) electrons. The molecule has 1 rings (SSSR count). The third-order valence-electron chi connectivity index (χ3n) is 2.91. The van der Waals surface area contributed by atoms with E-state index in [9.17, 15) is 0 Å². The zero-order valence-electron chi connectivity index (χ0n) is 9.34. The predicted octanol–water partition coefficient (Wildman–Crippen LogP) is 1.85. The molecule has 0 aliphatic carbocycles. The van der Waals surface area contributed by atoms with E-state index in [4.69, 9.17) is 5.73 Å². The lowest BCUT2D eigenvalue weighted by Gasteiger charge is -2.29. The number of likely N-dealkylation sites (tertiary alicyclic amines) is 1. The summed E-state index contributed by atoms with van der Waals surface area (Å²) in [5.74, 6) is 0.873. The lowest BCUT2D eigenvalue weighted by atomic mass is 9.97. The summed E-state index contributed by atoms with van der Waals surface area (Å²) in [5, 5.41) is 0. The van der Waals surface area contributed by atoms with E-state index in [1.807, 2.05) is 0 Å². The topological polar surface area (TPSA) is 29.3 Å². The Morgan fingerprint density at radius 3 is 2.69 bits per heavy atom. The van der Waals surface area contributed by atoms with E-state index in [1.165, 1.54) is 25.9 Å². The molecule has 0 aromatic carbocycles. The molecule has 1 aliphatic rings. The van der Waals surface area contributed by atoms with Crippen LogP contribution in [0.25, 0.3) is 0 Å². The molecule has 2 atom stereocenters. The zero-order valence-corrected chi connectivity index (χ0v) is 9.34. The van der Waals surface area contributed by atoms with E-state index in [2.05, 4.69) is 25.7 Å². The summed E-state index contributed by atoms with van der Waals surface area (Å²) < 4.78 is 0. The Hall–Kier alpha value is -0.0800. The van der Waals surface area contributed by atoms with Gasteiger partial charge in [0.25, 0.3) is 0 Å². The molecule has 1 fully saturated rings. The summed E-state index contributed by atoms with van der Waals surface area (Å²) in [6.07, 6.45) is 3.68. The molecule has 2 heteroatoms. The smallest absolute Gasteiger partial charge is 0.0254 e. The molecule has 0 aromatic rings. The molecule has 2 unspecified atom stereocenters. The second kappa shape index (κ2) is 4.43. The van der Waals surface area contributed by atoms with Crippen molar-refractivity contribution in [1.29, 1.82) is 0 Å². The second-order valence-corrected chi connectivity index (χ2v) is 5.03. The second-order valence-electron chi connectivity index (χ2n) is 5.03. The van der Waals surface area contributed by atoms with Gasteiger partial charge in [0.05, 0.1) is 0 Å². The van der Waals surface area contributed by atoms with Crippen LogP contribution in [0.3, 0.4) is 0 Å². The van der Waals surface area contributed by atoms with E-state index < -0.39 is 0 Å². The van der Waals surface area contributed by atoms with Gasteiger partial charge in [-0.25, -0.2) is 0 Å². The minimum Gasteiger partial charge on any atom is -0.324 e. The summed E-state index contributed by atoms with van der Waals surface area (Å²) in [4.78, 5) is 2.51. The van der Waals surface area contributed by atoms with Crippen molar-refractivity contribution in [2.45, 2.75) is 45.6 Å². The van der Waals surface area contributed by atoms with Gasteiger partial charge >= 0.3 is 0 Å². The molecule has 1 saturated heterocycles. The van der Waals surface area contributed by atoms with Crippen molar-refractivity contribution in [1.82, 2.24) is 4.90 Å². The Morgan fingerprint density at radius 2 is 2.23 bits per heavy atom. The fraction of sp³-hybridized carbons (Fsp3) is 1.00. The summed E-state index contributed by atoms with van der Waals surface area (Å²) in [6.45, 7) is 10.3. The summed E-state index contributed by atoms with van der Waals surface area (Å²) in [6, 6.07) is 0. The minimum absolute atomic E-state index is 0.0266. The predicted molar refractivity (Wildman–Crippen MR) is 57.7 cm³/mol. The molecular formula is C11H24N2. The van der Waals surface area contributed by atoms with Crippen molar-refractivity contribution in [2.24, 2.45) is 11.7 Å². The maximum absolute atomic E-state index is 6.21. The van der Waals surface area contributed by atoms with Crippen molar-refractivity contribution in [3.63, 3.8) is 0 Å². The lowest BCUT2D eigenvalue weighted by Crippen LogP contribution is -2.47. The van der Waals surface area contributed by atoms with E-state index in [0.717, 1.165) is 18.9 Å². The van der Waals surface area contributed by atoms with Crippen molar-refractivity contribution < 1.29 is 0 Å². The number of hydrogen-bond acceptors (Lipinski definition) is 2. The SMILES string of the molecule is CCCC(C)(N)CN1CCC(C)C1. The zero-order chi connectivity index (χ0) is 9.90. The molecule has 2 nitrogen and oxygen atoms in total.